The molecule has 0 aromatic carbocycles. The van der Waals surface area contributed by atoms with Crippen LogP contribution in [0.25, 0.3) is 0 Å². The van der Waals surface area contributed by atoms with Crippen LogP contribution in [0.4, 0.5) is 13.2 Å². The van der Waals surface area contributed by atoms with Crippen LogP contribution in [0.3, 0.4) is 0 Å². The van der Waals surface area contributed by atoms with E-state index in [0.717, 1.165) is 0 Å². The highest BCUT2D eigenvalue weighted by atomic mass is 19.4. The highest BCUT2D eigenvalue weighted by molar-refractivity contribution is 5.87. The Bertz CT molecular complexity index is 434. The van der Waals surface area contributed by atoms with Gasteiger partial charge < -0.3 is 10.4 Å². The summed E-state index contributed by atoms with van der Waals surface area (Å²) >= 11 is 0. The second kappa shape index (κ2) is 5.48. The van der Waals surface area contributed by atoms with E-state index in [9.17, 15) is 22.8 Å². The molecule has 0 fully saturated rings. The maximum Gasteiger partial charge on any atom is 0.471 e. The first-order chi connectivity index (χ1) is 8.30. The molecule has 1 atom stereocenters. The highest BCUT2D eigenvalue weighted by Gasteiger charge is 2.40. The third kappa shape index (κ3) is 4.04. The van der Waals surface area contributed by atoms with E-state index >= 15 is 0 Å². The van der Waals surface area contributed by atoms with Gasteiger partial charge in [-0.3, -0.25) is 9.78 Å². The molecule has 0 unspecified atom stereocenters. The summed E-state index contributed by atoms with van der Waals surface area (Å²) in [7, 11) is 0. The monoisotopic (exact) mass is 262 g/mol. The number of hydrogen-bond donors (Lipinski definition) is 2. The molecule has 2 N–H and O–H groups in total. The number of amides is 1. The van der Waals surface area contributed by atoms with Crippen molar-refractivity contribution in [1.82, 2.24) is 10.3 Å². The number of carbonyl (C=O) groups excluding carboxylic acids is 1. The fraction of sp³-hybridized carbons (Fsp3) is 0.300. The van der Waals surface area contributed by atoms with Gasteiger partial charge >= 0.3 is 18.1 Å². The van der Waals surface area contributed by atoms with E-state index in [-0.39, 0.29) is 6.42 Å². The van der Waals surface area contributed by atoms with Crippen LogP contribution in [-0.2, 0) is 16.0 Å². The van der Waals surface area contributed by atoms with Gasteiger partial charge in [-0.2, -0.15) is 13.2 Å². The number of rotatable bonds is 4. The molecule has 0 radical (unpaired) electrons. The Morgan fingerprint density at radius 2 is 1.89 bits per heavy atom. The van der Waals surface area contributed by atoms with Crippen LogP contribution in [0, 0.1) is 0 Å². The number of carbonyl (C=O) groups is 2. The van der Waals surface area contributed by atoms with Gasteiger partial charge in [0.1, 0.15) is 6.04 Å². The fourth-order valence-corrected chi connectivity index (χ4v) is 1.19. The van der Waals surface area contributed by atoms with Crippen LogP contribution in [0.1, 0.15) is 5.56 Å². The van der Waals surface area contributed by atoms with Crippen molar-refractivity contribution in [3.8, 4) is 0 Å². The molecule has 0 aliphatic carbocycles. The Morgan fingerprint density at radius 1 is 1.33 bits per heavy atom. The Morgan fingerprint density at radius 3 is 2.33 bits per heavy atom. The summed E-state index contributed by atoms with van der Waals surface area (Å²) in [6.07, 6.45) is -2.61. The summed E-state index contributed by atoms with van der Waals surface area (Å²) < 4.78 is 36.0. The lowest BCUT2D eigenvalue weighted by Crippen LogP contribution is -2.47. The zero-order valence-electron chi connectivity index (χ0n) is 8.94. The molecular weight excluding hydrogens is 253 g/mol. The molecule has 1 aromatic heterocycles. The molecule has 1 heterocycles. The maximum absolute atomic E-state index is 12.0. The van der Waals surface area contributed by atoms with Gasteiger partial charge in [-0.15, -0.1) is 0 Å². The van der Waals surface area contributed by atoms with Crippen molar-refractivity contribution in [3.63, 3.8) is 0 Å². The molecule has 0 bridgehead atoms. The first-order valence-electron chi connectivity index (χ1n) is 4.80. The number of alkyl halides is 3. The van der Waals surface area contributed by atoms with Gasteiger partial charge in [0.2, 0.25) is 0 Å². The summed E-state index contributed by atoms with van der Waals surface area (Å²) in [4.78, 5) is 25.1. The Balaban J connectivity index is 2.73. The van der Waals surface area contributed by atoms with Crippen molar-refractivity contribution >= 4 is 11.9 Å². The number of nitrogens with zero attached hydrogens (tertiary/aromatic N) is 1. The van der Waals surface area contributed by atoms with Crippen LogP contribution < -0.4 is 5.32 Å². The summed E-state index contributed by atoms with van der Waals surface area (Å²) in [5.41, 5.74) is 0.458. The number of pyridine rings is 1. The molecule has 98 valence electrons. The standard InChI is InChI=1S/C10H9F3N2O3/c11-10(12,13)9(18)15-7(8(16)17)5-6-1-3-14-4-2-6/h1-4,7H,5H2,(H,15,18)(H,16,17)/t7-/m1/s1. The maximum atomic E-state index is 12.0. The number of aliphatic carboxylic acids is 1. The van der Waals surface area contributed by atoms with Crippen molar-refractivity contribution in [1.29, 1.82) is 0 Å². The molecule has 1 amide bonds. The van der Waals surface area contributed by atoms with Crippen molar-refractivity contribution in [3.05, 3.63) is 30.1 Å². The van der Waals surface area contributed by atoms with E-state index in [1.807, 2.05) is 0 Å². The summed E-state index contributed by atoms with van der Waals surface area (Å²) in [6, 6.07) is 1.27. The molecule has 0 aliphatic rings. The average molecular weight is 262 g/mol. The van der Waals surface area contributed by atoms with E-state index < -0.39 is 24.1 Å². The summed E-state index contributed by atoms with van der Waals surface area (Å²) in [5.74, 6) is -3.81. The zero-order chi connectivity index (χ0) is 13.8. The van der Waals surface area contributed by atoms with Crippen LogP contribution in [0.5, 0.6) is 0 Å². The average Bonchev–Trinajstić information content (AvgIpc) is 2.28. The molecule has 0 saturated carbocycles. The van der Waals surface area contributed by atoms with Gasteiger partial charge in [0.05, 0.1) is 0 Å². The van der Waals surface area contributed by atoms with Crippen molar-refractivity contribution < 1.29 is 27.9 Å². The number of aromatic nitrogens is 1. The van der Waals surface area contributed by atoms with Gasteiger partial charge in [0.15, 0.2) is 0 Å². The fourth-order valence-electron chi connectivity index (χ4n) is 1.19. The topological polar surface area (TPSA) is 79.3 Å². The van der Waals surface area contributed by atoms with Crippen LogP contribution >= 0.6 is 0 Å². The molecule has 0 aliphatic heterocycles. The van der Waals surface area contributed by atoms with Crippen molar-refractivity contribution in [2.45, 2.75) is 18.6 Å². The van der Waals surface area contributed by atoms with E-state index in [0.29, 0.717) is 5.56 Å². The third-order valence-electron chi connectivity index (χ3n) is 2.05. The molecule has 5 nitrogen and oxygen atoms in total. The van der Waals surface area contributed by atoms with E-state index in [1.54, 1.807) is 0 Å². The van der Waals surface area contributed by atoms with E-state index in [4.69, 9.17) is 5.11 Å². The third-order valence-corrected chi connectivity index (χ3v) is 2.05. The normalized spacial score (nSPS) is 12.8. The lowest BCUT2D eigenvalue weighted by atomic mass is 10.1. The number of hydrogen-bond acceptors (Lipinski definition) is 3. The zero-order valence-corrected chi connectivity index (χ0v) is 8.94. The van der Waals surface area contributed by atoms with Gasteiger partial charge in [-0.1, -0.05) is 0 Å². The quantitative estimate of drug-likeness (QED) is 0.839. The predicted molar refractivity (Wildman–Crippen MR) is 53.6 cm³/mol. The van der Waals surface area contributed by atoms with Crippen LogP contribution in [-0.4, -0.2) is 34.2 Å². The van der Waals surface area contributed by atoms with E-state index in [1.165, 1.54) is 29.8 Å². The minimum absolute atomic E-state index is 0.250. The van der Waals surface area contributed by atoms with Gasteiger partial charge in [0, 0.05) is 18.8 Å². The largest absolute Gasteiger partial charge is 0.480 e. The number of halogens is 3. The lowest BCUT2D eigenvalue weighted by Gasteiger charge is -2.15. The van der Waals surface area contributed by atoms with Crippen LogP contribution in [0.2, 0.25) is 0 Å². The Labute approximate surface area is 99.6 Å². The second-order valence-corrected chi connectivity index (χ2v) is 3.42. The SMILES string of the molecule is O=C(O)[C@@H](Cc1ccncc1)NC(=O)C(F)(F)F. The number of carboxylic acid groups (broad SMARTS) is 1. The Kier molecular flexibility index (Phi) is 4.24. The lowest BCUT2D eigenvalue weighted by molar-refractivity contribution is -0.175. The molecule has 0 saturated heterocycles. The van der Waals surface area contributed by atoms with Crippen molar-refractivity contribution in [2.75, 3.05) is 0 Å². The minimum atomic E-state index is -5.11. The number of carboxylic acids is 1. The van der Waals surface area contributed by atoms with Crippen LogP contribution in [0.15, 0.2) is 24.5 Å². The number of nitrogens with one attached hydrogen (secondary N) is 1. The molecule has 1 rings (SSSR count). The van der Waals surface area contributed by atoms with Crippen molar-refractivity contribution in [2.24, 2.45) is 0 Å². The highest BCUT2D eigenvalue weighted by Crippen LogP contribution is 2.15. The molecule has 18 heavy (non-hydrogen) atoms. The molecule has 0 spiro atoms. The smallest absolute Gasteiger partial charge is 0.471 e. The molecule has 1 aromatic rings. The predicted octanol–water partition coefficient (Wildman–Crippen LogP) is 0.756. The summed E-state index contributed by atoms with van der Waals surface area (Å²) in [5, 5.41) is 10.2. The first kappa shape index (κ1) is 13.9. The minimum Gasteiger partial charge on any atom is -0.480 e. The van der Waals surface area contributed by atoms with Gasteiger partial charge in [-0.05, 0) is 17.7 Å². The van der Waals surface area contributed by atoms with E-state index in [2.05, 4.69) is 4.98 Å². The summed E-state index contributed by atoms with van der Waals surface area (Å²) in [6.45, 7) is 0. The van der Waals surface area contributed by atoms with Gasteiger partial charge in [0.25, 0.3) is 0 Å². The molecule has 8 heteroatoms. The Hall–Kier alpha value is -2.12. The first-order valence-corrected chi connectivity index (χ1v) is 4.80. The molecular formula is C10H9F3N2O3. The van der Waals surface area contributed by atoms with Gasteiger partial charge in [-0.25, -0.2) is 4.79 Å². The second-order valence-electron chi connectivity index (χ2n) is 3.42.